The molecule has 0 radical (unpaired) electrons. The van der Waals surface area contributed by atoms with Crippen LogP contribution in [0.4, 0.5) is 0 Å². The van der Waals surface area contributed by atoms with Crippen LogP contribution in [-0.2, 0) is 9.59 Å². The standard InChI is InChI=1S/C16H16N2O3/c19-13-6-9-18(10-7-13)15(20)11-21-14-5-1-3-12-4-2-8-17-16(12)14/h1-5,8H,6-7,9-11H2. The highest BCUT2D eigenvalue weighted by Gasteiger charge is 2.21. The van der Waals surface area contributed by atoms with Crippen molar-refractivity contribution in [2.45, 2.75) is 12.8 Å². The van der Waals surface area contributed by atoms with E-state index in [4.69, 9.17) is 4.74 Å². The number of pyridine rings is 1. The van der Waals surface area contributed by atoms with Crippen LogP contribution in [0.3, 0.4) is 0 Å². The van der Waals surface area contributed by atoms with E-state index >= 15 is 0 Å². The Kier molecular flexibility index (Phi) is 3.81. The van der Waals surface area contributed by atoms with E-state index in [1.54, 1.807) is 11.1 Å². The average molecular weight is 284 g/mol. The van der Waals surface area contributed by atoms with Gasteiger partial charge in [-0.3, -0.25) is 14.6 Å². The maximum Gasteiger partial charge on any atom is 0.260 e. The maximum absolute atomic E-state index is 12.1. The summed E-state index contributed by atoms with van der Waals surface area (Å²) in [7, 11) is 0. The lowest BCUT2D eigenvalue weighted by molar-refractivity contribution is -0.136. The van der Waals surface area contributed by atoms with Gasteiger partial charge in [0.25, 0.3) is 5.91 Å². The number of likely N-dealkylation sites (tertiary alicyclic amines) is 1. The summed E-state index contributed by atoms with van der Waals surface area (Å²) in [6, 6.07) is 9.45. The zero-order chi connectivity index (χ0) is 14.7. The Morgan fingerprint density at radius 1 is 1.19 bits per heavy atom. The van der Waals surface area contributed by atoms with Crippen LogP contribution in [0.1, 0.15) is 12.8 Å². The molecule has 108 valence electrons. The normalized spacial score (nSPS) is 15.2. The Labute approximate surface area is 122 Å². The quantitative estimate of drug-likeness (QED) is 0.862. The molecule has 0 aliphatic carbocycles. The number of amides is 1. The molecular weight excluding hydrogens is 268 g/mol. The van der Waals surface area contributed by atoms with Gasteiger partial charge in [-0.25, -0.2) is 0 Å². The van der Waals surface area contributed by atoms with E-state index in [0.29, 0.717) is 31.7 Å². The first-order valence-electron chi connectivity index (χ1n) is 7.00. The summed E-state index contributed by atoms with van der Waals surface area (Å²) in [5.41, 5.74) is 0.752. The molecule has 5 heteroatoms. The predicted molar refractivity (Wildman–Crippen MR) is 78.1 cm³/mol. The van der Waals surface area contributed by atoms with E-state index in [0.717, 1.165) is 10.9 Å². The van der Waals surface area contributed by atoms with E-state index in [1.165, 1.54) is 0 Å². The third kappa shape index (κ3) is 3.02. The lowest BCUT2D eigenvalue weighted by atomic mass is 10.1. The fraction of sp³-hybridized carbons (Fsp3) is 0.312. The Morgan fingerprint density at radius 3 is 2.76 bits per heavy atom. The number of benzene rings is 1. The third-order valence-electron chi connectivity index (χ3n) is 3.62. The van der Waals surface area contributed by atoms with Crippen LogP contribution in [0.25, 0.3) is 10.9 Å². The lowest BCUT2D eigenvalue weighted by Gasteiger charge is -2.26. The van der Waals surface area contributed by atoms with Crippen molar-refractivity contribution in [3.05, 3.63) is 36.5 Å². The Morgan fingerprint density at radius 2 is 1.95 bits per heavy atom. The van der Waals surface area contributed by atoms with Crippen molar-refractivity contribution in [1.82, 2.24) is 9.88 Å². The number of ether oxygens (including phenoxy) is 1. The fourth-order valence-electron chi connectivity index (χ4n) is 2.43. The van der Waals surface area contributed by atoms with Gasteiger partial charge in [-0.15, -0.1) is 0 Å². The monoisotopic (exact) mass is 284 g/mol. The van der Waals surface area contributed by atoms with Gasteiger partial charge in [0, 0.05) is 37.5 Å². The molecule has 0 atom stereocenters. The first-order chi connectivity index (χ1) is 10.2. The van der Waals surface area contributed by atoms with Crippen LogP contribution in [0, 0.1) is 0 Å². The van der Waals surface area contributed by atoms with Gasteiger partial charge < -0.3 is 9.64 Å². The molecule has 5 nitrogen and oxygen atoms in total. The number of para-hydroxylation sites is 1. The summed E-state index contributed by atoms with van der Waals surface area (Å²) >= 11 is 0. The molecule has 0 bridgehead atoms. The number of ketones is 1. The second kappa shape index (κ2) is 5.91. The second-order valence-electron chi connectivity index (χ2n) is 5.04. The summed E-state index contributed by atoms with van der Waals surface area (Å²) in [5.74, 6) is 0.739. The molecule has 2 aromatic rings. The number of Topliss-reactive ketones (excluding diaryl/α,β-unsaturated/α-hetero) is 1. The number of fused-ring (bicyclic) bond motifs is 1. The lowest BCUT2D eigenvalue weighted by Crippen LogP contribution is -2.41. The van der Waals surface area contributed by atoms with Crippen LogP contribution in [-0.4, -0.2) is 41.3 Å². The molecule has 1 amide bonds. The molecule has 0 N–H and O–H groups in total. The minimum Gasteiger partial charge on any atom is -0.481 e. The molecule has 0 saturated carbocycles. The van der Waals surface area contributed by atoms with Crippen molar-refractivity contribution >= 4 is 22.6 Å². The van der Waals surface area contributed by atoms with Crippen LogP contribution in [0.5, 0.6) is 5.75 Å². The van der Waals surface area contributed by atoms with Crippen molar-refractivity contribution in [1.29, 1.82) is 0 Å². The summed E-state index contributed by atoms with van der Waals surface area (Å²) < 4.78 is 5.62. The summed E-state index contributed by atoms with van der Waals surface area (Å²) in [5, 5.41) is 0.978. The number of carbonyl (C=O) groups excluding carboxylic acids is 2. The SMILES string of the molecule is O=C1CCN(C(=O)COc2cccc3cccnc23)CC1. The van der Waals surface area contributed by atoms with Crippen LogP contribution in [0.2, 0.25) is 0 Å². The van der Waals surface area contributed by atoms with E-state index in [1.807, 2.05) is 30.3 Å². The van der Waals surface area contributed by atoms with Gasteiger partial charge in [0.05, 0.1) is 0 Å². The third-order valence-corrected chi connectivity index (χ3v) is 3.62. The largest absolute Gasteiger partial charge is 0.481 e. The van der Waals surface area contributed by atoms with Crippen molar-refractivity contribution in [3.8, 4) is 5.75 Å². The number of hydrogen-bond acceptors (Lipinski definition) is 4. The number of rotatable bonds is 3. The minimum atomic E-state index is -0.0876. The Hall–Kier alpha value is -2.43. The molecule has 21 heavy (non-hydrogen) atoms. The van der Waals surface area contributed by atoms with Crippen LogP contribution < -0.4 is 4.74 Å². The van der Waals surface area contributed by atoms with Gasteiger partial charge in [-0.2, -0.15) is 0 Å². The van der Waals surface area contributed by atoms with Gasteiger partial charge in [0.1, 0.15) is 17.0 Å². The van der Waals surface area contributed by atoms with Crippen molar-refractivity contribution < 1.29 is 14.3 Å². The highest BCUT2D eigenvalue weighted by Crippen LogP contribution is 2.22. The number of hydrogen-bond donors (Lipinski definition) is 0. The molecular formula is C16H16N2O3. The molecule has 0 unspecified atom stereocenters. The molecule has 1 aromatic heterocycles. The van der Waals surface area contributed by atoms with Gasteiger partial charge in [0.15, 0.2) is 6.61 Å². The first-order valence-corrected chi connectivity index (χ1v) is 7.00. The second-order valence-corrected chi connectivity index (χ2v) is 5.04. The molecule has 1 aliphatic heterocycles. The summed E-state index contributed by atoms with van der Waals surface area (Å²) in [6.45, 7) is 0.966. The fourth-order valence-corrected chi connectivity index (χ4v) is 2.43. The molecule has 1 saturated heterocycles. The van der Waals surface area contributed by atoms with Gasteiger partial charge in [-0.05, 0) is 12.1 Å². The van der Waals surface area contributed by atoms with Crippen molar-refractivity contribution in [2.75, 3.05) is 19.7 Å². The molecule has 1 fully saturated rings. The van der Waals surface area contributed by atoms with E-state index < -0.39 is 0 Å². The number of aromatic nitrogens is 1. The Balaban J connectivity index is 1.66. The number of piperidine rings is 1. The van der Waals surface area contributed by atoms with E-state index in [2.05, 4.69) is 4.98 Å². The molecule has 0 spiro atoms. The smallest absolute Gasteiger partial charge is 0.260 e. The highest BCUT2D eigenvalue weighted by molar-refractivity contribution is 5.86. The van der Waals surface area contributed by atoms with E-state index in [-0.39, 0.29) is 18.3 Å². The minimum absolute atomic E-state index is 0.0239. The first kappa shape index (κ1) is 13.5. The Bertz CT molecular complexity index is 669. The summed E-state index contributed by atoms with van der Waals surface area (Å²) in [4.78, 5) is 29.2. The van der Waals surface area contributed by atoms with Crippen LogP contribution >= 0.6 is 0 Å². The highest BCUT2D eigenvalue weighted by atomic mass is 16.5. The molecule has 2 heterocycles. The van der Waals surface area contributed by atoms with Gasteiger partial charge >= 0.3 is 0 Å². The zero-order valence-electron chi connectivity index (χ0n) is 11.6. The van der Waals surface area contributed by atoms with Crippen LogP contribution in [0.15, 0.2) is 36.5 Å². The van der Waals surface area contributed by atoms with Gasteiger partial charge in [0.2, 0.25) is 0 Å². The maximum atomic E-state index is 12.1. The van der Waals surface area contributed by atoms with Crippen molar-refractivity contribution in [3.63, 3.8) is 0 Å². The zero-order valence-corrected chi connectivity index (χ0v) is 11.6. The van der Waals surface area contributed by atoms with E-state index in [9.17, 15) is 9.59 Å². The number of carbonyl (C=O) groups is 2. The predicted octanol–water partition coefficient (Wildman–Crippen LogP) is 1.81. The van der Waals surface area contributed by atoms with Gasteiger partial charge in [-0.1, -0.05) is 18.2 Å². The van der Waals surface area contributed by atoms with Crippen molar-refractivity contribution in [2.24, 2.45) is 0 Å². The number of nitrogens with zero attached hydrogens (tertiary/aromatic N) is 2. The molecule has 1 aliphatic rings. The molecule has 3 rings (SSSR count). The topological polar surface area (TPSA) is 59.5 Å². The average Bonchev–Trinajstić information content (AvgIpc) is 2.53. The molecule has 1 aromatic carbocycles. The summed E-state index contributed by atoms with van der Waals surface area (Å²) in [6.07, 6.45) is 2.59.